The lowest BCUT2D eigenvalue weighted by Crippen LogP contribution is -2.54. The van der Waals surface area contributed by atoms with E-state index in [1.165, 1.54) is 81.9 Å². The van der Waals surface area contributed by atoms with Crippen LogP contribution in [0.2, 0.25) is 0 Å². The van der Waals surface area contributed by atoms with Crippen LogP contribution in [0.3, 0.4) is 0 Å². The fourth-order valence-electron chi connectivity index (χ4n) is 9.68. The molecule has 0 N–H and O–H groups in total. The molecular formula is C30H48N2. The van der Waals surface area contributed by atoms with Gasteiger partial charge < -0.3 is 0 Å². The topological polar surface area (TPSA) is 25.8 Å². The minimum absolute atomic E-state index is 0.469. The Morgan fingerprint density at radius 3 is 2.53 bits per heavy atom. The summed E-state index contributed by atoms with van der Waals surface area (Å²) in [5, 5.41) is 0. The van der Waals surface area contributed by atoms with Crippen molar-refractivity contribution >= 4 is 0 Å². The van der Waals surface area contributed by atoms with E-state index in [2.05, 4.69) is 45.8 Å². The van der Waals surface area contributed by atoms with Gasteiger partial charge in [-0.1, -0.05) is 53.9 Å². The highest BCUT2D eigenvalue weighted by atomic mass is 14.9. The zero-order valence-electron chi connectivity index (χ0n) is 21.8. The average Bonchev–Trinajstić information content (AvgIpc) is 3.09. The Hall–Kier alpha value is -0.920. The van der Waals surface area contributed by atoms with Crippen molar-refractivity contribution in [3.05, 3.63) is 23.3 Å². The van der Waals surface area contributed by atoms with Crippen molar-refractivity contribution in [1.82, 2.24) is 9.97 Å². The van der Waals surface area contributed by atoms with E-state index in [1.54, 1.807) is 0 Å². The minimum atomic E-state index is 0.469. The molecule has 1 aromatic heterocycles. The van der Waals surface area contributed by atoms with Crippen molar-refractivity contribution in [3.63, 3.8) is 0 Å². The van der Waals surface area contributed by atoms with Crippen LogP contribution in [-0.2, 0) is 12.8 Å². The lowest BCUT2D eigenvalue weighted by atomic mass is 9.44. The van der Waals surface area contributed by atoms with E-state index in [-0.39, 0.29) is 0 Å². The Morgan fingerprint density at radius 1 is 0.969 bits per heavy atom. The molecule has 0 aromatic carbocycles. The molecule has 1 aromatic rings. The van der Waals surface area contributed by atoms with Crippen molar-refractivity contribution in [1.29, 1.82) is 0 Å². The molecule has 1 heterocycles. The first-order valence-electron chi connectivity index (χ1n) is 14.0. The number of hydrogen-bond donors (Lipinski definition) is 0. The second-order valence-electron chi connectivity index (χ2n) is 13.5. The minimum Gasteiger partial charge on any atom is -0.241 e. The van der Waals surface area contributed by atoms with E-state index in [0.29, 0.717) is 10.8 Å². The lowest BCUT2D eigenvalue weighted by Gasteiger charge is -2.60. The molecule has 0 radical (unpaired) electrons. The van der Waals surface area contributed by atoms with Crippen molar-refractivity contribution in [3.8, 4) is 0 Å². The standard InChI is InChI=1S/C30H48N2/c1-19(2)8-7-9-20(3)25-12-13-26-24-11-10-23-16-28-22(18-31-21(4)32-28)17-30(23,6)27(24)14-15-29(25,26)5/h18-20,23-27H,7-17H2,1-6H3/t20-,23+,24+,25-,26+,27+,29-,30+/m1/s1. The van der Waals surface area contributed by atoms with Gasteiger partial charge in [-0.15, -0.1) is 0 Å². The highest BCUT2D eigenvalue weighted by molar-refractivity contribution is 5.26. The monoisotopic (exact) mass is 436 g/mol. The molecule has 0 saturated heterocycles. The maximum atomic E-state index is 4.86. The third-order valence-corrected chi connectivity index (χ3v) is 11.4. The Bertz CT molecular complexity index is 830. The molecule has 0 amide bonds. The first-order valence-corrected chi connectivity index (χ1v) is 14.0. The fourth-order valence-corrected chi connectivity index (χ4v) is 9.68. The predicted molar refractivity (Wildman–Crippen MR) is 133 cm³/mol. The van der Waals surface area contributed by atoms with Crippen molar-refractivity contribution in [2.24, 2.45) is 52.3 Å². The first-order chi connectivity index (χ1) is 15.2. The van der Waals surface area contributed by atoms with Crippen LogP contribution in [0.4, 0.5) is 0 Å². The van der Waals surface area contributed by atoms with Gasteiger partial charge in [0, 0.05) is 11.9 Å². The molecule has 5 rings (SSSR count). The maximum absolute atomic E-state index is 4.86. The Morgan fingerprint density at radius 2 is 1.75 bits per heavy atom. The molecule has 4 aliphatic carbocycles. The van der Waals surface area contributed by atoms with Crippen LogP contribution in [0, 0.1) is 59.2 Å². The number of fused-ring (bicyclic) bond motifs is 6. The molecule has 178 valence electrons. The van der Waals surface area contributed by atoms with Gasteiger partial charge in [-0.2, -0.15) is 0 Å². The molecule has 0 unspecified atom stereocenters. The van der Waals surface area contributed by atoms with Gasteiger partial charge in [-0.05, 0) is 116 Å². The SMILES string of the molecule is Cc1ncc2c(n1)C[C@@H]1CC[C@@H]3[C@H](CC[C@]4(C)[C@@H]([C@H](C)CCCC(C)C)CC[C@@H]34)[C@@]1(C)C2. The average molecular weight is 437 g/mol. The molecule has 8 atom stereocenters. The van der Waals surface area contributed by atoms with E-state index in [0.717, 1.165) is 47.2 Å². The molecule has 0 aliphatic heterocycles. The van der Waals surface area contributed by atoms with Crippen LogP contribution < -0.4 is 0 Å². The molecule has 0 spiro atoms. The Labute approximate surface area is 197 Å². The van der Waals surface area contributed by atoms with Gasteiger partial charge in [0.1, 0.15) is 5.82 Å². The van der Waals surface area contributed by atoms with Crippen molar-refractivity contribution in [2.75, 3.05) is 0 Å². The summed E-state index contributed by atoms with van der Waals surface area (Å²) in [5.74, 6) is 7.39. The molecule has 4 aliphatic rings. The summed E-state index contributed by atoms with van der Waals surface area (Å²) in [6.07, 6.45) is 17.8. The zero-order chi connectivity index (χ0) is 22.7. The first kappa shape index (κ1) is 22.9. The number of aromatic nitrogens is 2. The summed E-state index contributed by atoms with van der Waals surface area (Å²) in [6, 6.07) is 0. The third-order valence-electron chi connectivity index (χ3n) is 11.4. The second kappa shape index (κ2) is 8.38. The molecule has 32 heavy (non-hydrogen) atoms. The molecule has 3 fully saturated rings. The smallest absolute Gasteiger partial charge is 0.125 e. The molecule has 2 heteroatoms. The second-order valence-corrected chi connectivity index (χ2v) is 13.5. The molecule has 3 saturated carbocycles. The van der Waals surface area contributed by atoms with Crippen LogP contribution in [0.5, 0.6) is 0 Å². The van der Waals surface area contributed by atoms with E-state index in [4.69, 9.17) is 4.98 Å². The van der Waals surface area contributed by atoms with Gasteiger partial charge in [-0.3, -0.25) is 0 Å². The van der Waals surface area contributed by atoms with E-state index in [1.807, 2.05) is 6.92 Å². The highest BCUT2D eigenvalue weighted by Crippen LogP contribution is 2.67. The van der Waals surface area contributed by atoms with Gasteiger partial charge in [0.15, 0.2) is 0 Å². The van der Waals surface area contributed by atoms with Gasteiger partial charge in [-0.25, -0.2) is 9.97 Å². The normalized spacial score (nSPS) is 41.5. The summed E-state index contributed by atoms with van der Waals surface area (Å²) >= 11 is 0. The van der Waals surface area contributed by atoms with Crippen LogP contribution in [-0.4, -0.2) is 9.97 Å². The van der Waals surface area contributed by atoms with Crippen LogP contribution in [0.25, 0.3) is 0 Å². The number of aryl methyl sites for hydroxylation is 1. The fraction of sp³-hybridized carbons (Fsp3) is 0.867. The highest BCUT2D eigenvalue weighted by Gasteiger charge is 2.60. The zero-order valence-corrected chi connectivity index (χ0v) is 21.8. The largest absolute Gasteiger partial charge is 0.241 e. The third kappa shape index (κ3) is 3.67. The van der Waals surface area contributed by atoms with Crippen LogP contribution >= 0.6 is 0 Å². The molecular weight excluding hydrogens is 388 g/mol. The van der Waals surface area contributed by atoms with Gasteiger partial charge in [0.25, 0.3) is 0 Å². The number of rotatable bonds is 5. The summed E-state index contributed by atoms with van der Waals surface area (Å²) < 4.78 is 0. The van der Waals surface area contributed by atoms with Crippen LogP contribution in [0.15, 0.2) is 6.20 Å². The van der Waals surface area contributed by atoms with E-state index >= 15 is 0 Å². The lowest BCUT2D eigenvalue weighted by molar-refractivity contribution is -0.103. The van der Waals surface area contributed by atoms with Crippen molar-refractivity contribution in [2.45, 2.75) is 112 Å². The quantitative estimate of drug-likeness (QED) is 0.470. The summed E-state index contributed by atoms with van der Waals surface area (Å²) in [5.41, 5.74) is 3.91. The van der Waals surface area contributed by atoms with E-state index in [9.17, 15) is 0 Å². The van der Waals surface area contributed by atoms with Gasteiger partial charge >= 0.3 is 0 Å². The van der Waals surface area contributed by atoms with Gasteiger partial charge in [0.05, 0.1) is 0 Å². The summed E-state index contributed by atoms with van der Waals surface area (Å²) in [4.78, 5) is 9.44. The Balaban J connectivity index is 1.34. The van der Waals surface area contributed by atoms with Gasteiger partial charge in [0.2, 0.25) is 0 Å². The maximum Gasteiger partial charge on any atom is 0.125 e. The predicted octanol–water partition coefficient (Wildman–Crippen LogP) is 7.82. The Kier molecular flexibility index (Phi) is 5.99. The molecule has 2 nitrogen and oxygen atoms in total. The van der Waals surface area contributed by atoms with E-state index < -0.39 is 0 Å². The number of hydrogen-bond acceptors (Lipinski definition) is 2. The van der Waals surface area contributed by atoms with Crippen LogP contribution in [0.1, 0.15) is 109 Å². The summed E-state index contributed by atoms with van der Waals surface area (Å²) in [6.45, 7) is 14.8. The summed E-state index contributed by atoms with van der Waals surface area (Å²) in [7, 11) is 0. The van der Waals surface area contributed by atoms with Crippen molar-refractivity contribution < 1.29 is 0 Å². The number of nitrogens with zero attached hydrogens (tertiary/aromatic N) is 2. The molecule has 0 bridgehead atoms.